The number of nitrogen functional groups attached to an aromatic ring is 1. The summed E-state index contributed by atoms with van der Waals surface area (Å²) in [5.41, 5.74) is 11.3. The number of pyridine rings is 2. The molecule has 1 fully saturated rings. The number of hydrogen-bond acceptors (Lipinski definition) is 4. The van der Waals surface area contributed by atoms with E-state index in [9.17, 15) is 9.59 Å². The van der Waals surface area contributed by atoms with Crippen LogP contribution in [-0.2, 0) is 4.74 Å². The molecule has 1 aromatic carbocycles. The first-order valence-electron chi connectivity index (χ1n) is 8.64. The van der Waals surface area contributed by atoms with Crippen molar-refractivity contribution in [2.75, 3.05) is 12.8 Å². The van der Waals surface area contributed by atoms with Crippen LogP contribution in [0.15, 0.2) is 47.4 Å². The molecule has 1 aliphatic rings. The fourth-order valence-electron chi connectivity index (χ4n) is 3.53. The lowest BCUT2D eigenvalue weighted by Gasteiger charge is -2.15. The zero-order chi connectivity index (χ0) is 18.4. The lowest BCUT2D eigenvalue weighted by atomic mass is 9.96. The molecule has 132 valence electrons. The van der Waals surface area contributed by atoms with E-state index in [0.29, 0.717) is 11.6 Å². The molecule has 4 rings (SSSR count). The molecule has 3 aromatic rings. The third-order valence-corrected chi connectivity index (χ3v) is 5.06. The fourth-order valence-corrected chi connectivity index (χ4v) is 3.53. The molecule has 5 nitrogen and oxygen atoms in total. The van der Waals surface area contributed by atoms with Gasteiger partial charge in [-0.15, -0.1) is 0 Å². The Balaban J connectivity index is 2.02. The molecule has 0 atom stereocenters. The summed E-state index contributed by atoms with van der Waals surface area (Å²) in [7, 11) is 1.29. The molecule has 1 saturated carbocycles. The SMILES string of the molecule is COC(=O)c1cc(C2CC2)c2c(C)c(-c3ccc(N)cc3)ccn2c1=O. The van der Waals surface area contributed by atoms with Crippen molar-refractivity contribution in [2.45, 2.75) is 25.7 Å². The molecule has 0 bridgehead atoms. The first kappa shape index (κ1) is 16.4. The number of benzene rings is 1. The first-order chi connectivity index (χ1) is 12.5. The number of carbonyl (C=O) groups excluding carboxylic acids is 1. The number of rotatable bonds is 3. The third kappa shape index (κ3) is 2.56. The van der Waals surface area contributed by atoms with E-state index < -0.39 is 5.97 Å². The third-order valence-electron chi connectivity index (χ3n) is 5.06. The van der Waals surface area contributed by atoms with Crippen molar-refractivity contribution in [2.24, 2.45) is 0 Å². The van der Waals surface area contributed by atoms with E-state index in [1.165, 1.54) is 7.11 Å². The Bertz CT molecular complexity index is 1080. The van der Waals surface area contributed by atoms with E-state index in [-0.39, 0.29) is 11.1 Å². The Morgan fingerprint density at radius 3 is 2.50 bits per heavy atom. The van der Waals surface area contributed by atoms with Crippen molar-refractivity contribution in [3.8, 4) is 11.1 Å². The highest BCUT2D eigenvalue weighted by Gasteiger charge is 2.29. The number of ether oxygens (including phenoxy) is 1. The highest BCUT2D eigenvalue weighted by molar-refractivity contribution is 5.90. The van der Waals surface area contributed by atoms with Gasteiger partial charge in [-0.25, -0.2) is 4.79 Å². The fraction of sp³-hybridized carbons (Fsp3) is 0.238. The molecular weight excluding hydrogens is 328 g/mol. The van der Waals surface area contributed by atoms with E-state index in [0.717, 1.165) is 40.6 Å². The molecule has 2 N–H and O–H groups in total. The second kappa shape index (κ2) is 6.02. The Morgan fingerprint density at radius 1 is 1.19 bits per heavy atom. The van der Waals surface area contributed by atoms with Crippen molar-refractivity contribution < 1.29 is 9.53 Å². The normalized spacial score (nSPS) is 13.8. The van der Waals surface area contributed by atoms with Gasteiger partial charge >= 0.3 is 5.97 Å². The monoisotopic (exact) mass is 348 g/mol. The Labute approximate surface area is 151 Å². The number of aryl methyl sites for hydroxylation is 1. The molecule has 2 heterocycles. The zero-order valence-corrected chi connectivity index (χ0v) is 14.8. The molecule has 0 spiro atoms. The summed E-state index contributed by atoms with van der Waals surface area (Å²) in [6.07, 6.45) is 3.88. The Kier molecular flexibility index (Phi) is 3.80. The summed E-state index contributed by atoms with van der Waals surface area (Å²) in [5, 5.41) is 0. The van der Waals surface area contributed by atoms with Gasteiger partial charge in [-0.05, 0) is 72.2 Å². The highest BCUT2D eigenvalue weighted by Crippen LogP contribution is 2.43. The van der Waals surface area contributed by atoms with Gasteiger partial charge in [-0.1, -0.05) is 12.1 Å². The molecule has 1 aliphatic carbocycles. The van der Waals surface area contributed by atoms with Crippen LogP contribution in [0.5, 0.6) is 0 Å². The molecule has 5 heteroatoms. The van der Waals surface area contributed by atoms with Gasteiger partial charge in [0.1, 0.15) is 5.56 Å². The molecule has 2 aromatic heterocycles. The minimum Gasteiger partial charge on any atom is -0.465 e. The number of anilines is 1. The lowest BCUT2D eigenvalue weighted by molar-refractivity contribution is 0.0598. The van der Waals surface area contributed by atoms with E-state index in [4.69, 9.17) is 10.5 Å². The van der Waals surface area contributed by atoms with Crippen LogP contribution in [0.2, 0.25) is 0 Å². The second-order valence-corrected chi connectivity index (χ2v) is 6.78. The van der Waals surface area contributed by atoms with Crippen molar-refractivity contribution in [1.82, 2.24) is 4.40 Å². The minimum absolute atomic E-state index is 0.0894. The van der Waals surface area contributed by atoms with Gasteiger partial charge < -0.3 is 10.5 Å². The van der Waals surface area contributed by atoms with E-state index in [1.807, 2.05) is 37.3 Å². The molecule has 26 heavy (non-hydrogen) atoms. The van der Waals surface area contributed by atoms with E-state index >= 15 is 0 Å². The molecule has 0 amide bonds. The largest absolute Gasteiger partial charge is 0.465 e. The number of nitrogens with zero attached hydrogens (tertiary/aromatic N) is 1. The summed E-state index contributed by atoms with van der Waals surface area (Å²) < 4.78 is 6.37. The van der Waals surface area contributed by atoms with Crippen LogP contribution in [0.4, 0.5) is 5.69 Å². The number of hydrogen-bond donors (Lipinski definition) is 1. The lowest BCUT2D eigenvalue weighted by Crippen LogP contribution is -2.24. The van der Waals surface area contributed by atoms with Gasteiger partial charge in [0.2, 0.25) is 0 Å². The molecule has 0 unspecified atom stereocenters. The van der Waals surface area contributed by atoms with Crippen LogP contribution in [0.3, 0.4) is 0 Å². The summed E-state index contributed by atoms with van der Waals surface area (Å²) in [4.78, 5) is 24.8. The van der Waals surface area contributed by atoms with Crippen LogP contribution in [0, 0.1) is 6.92 Å². The highest BCUT2D eigenvalue weighted by atomic mass is 16.5. The number of fused-ring (bicyclic) bond motifs is 1. The van der Waals surface area contributed by atoms with Gasteiger partial charge in [0.05, 0.1) is 12.6 Å². The predicted octanol–water partition coefficient (Wildman–Crippen LogP) is 3.52. The number of methoxy groups -OCH3 is 1. The van der Waals surface area contributed by atoms with Crippen LogP contribution >= 0.6 is 0 Å². The first-order valence-corrected chi connectivity index (χ1v) is 8.64. The van der Waals surface area contributed by atoms with Gasteiger partial charge in [-0.3, -0.25) is 9.20 Å². The maximum absolute atomic E-state index is 12.8. The number of esters is 1. The van der Waals surface area contributed by atoms with Gasteiger partial charge in [0.25, 0.3) is 5.56 Å². The van der Waals surface area contributed by atoms with Gasteiger partial charge in [0, 0.05) is 11.9 Å². The summed E-state index contributed by atoms with van der Waals surface area (Å²) in [6.45, 7) is 2.02. The maximum atomic E-state index is 12.8. The molecule has 0 saturated heterocycles. The Morgan fingerprint density at radius 2 is 1.88 bits per heavy atom. The standard InChI is InChI=1S/C21H20N2O3/c1-12-16(13-5-7-15(22)8-6-13)9-10-23-19(12)17(14-3-4-14)11-18(20(23)24)21(25)26-2/h5-11,14H,3-4,22H2,1-2H3. The van der Waals surface area contributed by atoms with Crippen LogP contribution in [0.1, 0.15) is 40.2 Å². The molecular formula is C21H20N2O3. The van der Waals surface area contributed by atoms with Crippen LogP contribution in [-0.4, -0.2) is 17.5 Å². The number of aromatic nitrogens is 1. The average molecular weight is 348 g/mol. The minimum atomic E-state index is -0.591. The molecule has 0 aliphatic heterocycles. The van der Waals surface area contributed by atoms with Crippen LogP contribution < -0.4 is 11.3 Å². The summed E-state index contributed by atoms with van der Waals surface area (Å²) >= 11 is 0. The molecule has 0 radical (unpaired) electrons. The maximum Gasteiger partial charge on any atom is 0.343 e. The van der Waals surface area contributed by atoms with E-state index in [1.54, 1.807) is 16.7 Å². The van der Waals surface area contributed by atoms with Crippen molar-refractivity contribution in [3.63, 3.8) is 0 Å². The zero-order valence-electron chi connectivity index (χ0n) is 14.8. The van der Waals surface area contributed by atoms with Crippen molar-refractivity contribution >= 4 is 17.2 Å². The predicted molar refractivity (Wildman–Crippen MR) is 102 cm³/mol. The van der Waals surface area contributed by atoms with Crippen LogP contribution in [0.25, 0.3) is 16.6 Å². The summed E-state index contributed by atoms with van der Waals surface area (Å²) in [5.74, 6) is -0.207. The number of carbonyl (C=O) groups is 1. The van der Waals surface area contributed by atoms with E-state index in [2.05, 4.69) is 0 Å². The van der Waals surface area contributed by atoms with Gasteiger partial charge in [0.15, 0.2) is 0 Å². The topological polar surface area (TPSA) is 73.8 Å². The smallest absolute Gasteiger partial charge is 0.343 e. The van der Waals surface area contributed by atoms with Crippen molar-refractivity contribution in [1.29, 1.82) is 0 Å². The van der Waals surface area contributed by atoms with Gasteiger partial charge in [-0.2, -0.15) is 0 Å². The Hall–Kier alpha value is -3.08. The summed E-state index contributed by atoms with van der Waals surface area (Å²) in [6, 6.07) is 11.3. The average Bonchev–Trinajstić information content (AvgIpc) is 3.48. The van der Waals surface area contributed by atoms with Crippen molar-refractivity contribution in [3.05, 3.63) is 69.6 Å². The number of nitrogens with two attached hydrogens (primary N) is 1. The quantitative estimate of drug-likeness (QED) is 0.580. The second-order valence-electron chi connectivity index (χ2n) is 6.78.